The molecule has 25 heavy (non-hydrogen) atoms. The number of nitrogens with zero attached hydrogens (tertiary/aromatic N) is 3. The van der Waals surface area contributed by atoms with Crippen LogP contribution in [0.3, 0.4) is 0 Å². The molecule has 138 valence electrons. The van der Waals surface area contributed by atoms with E-state index in [2.05, 4.69) is 14.7 Å². The fraction of sp³-hybridized carbons (Fsp3) is 0.625. The molecule has 1 aromatic rings. The van der Waals surface area contributed by atoms with Gasteiger partial charge in [0.2, 0.25) is 10.0 Å². The van der Waals surface area contributed by atoms with Gasteiger partial charge in [0.25, 0.3) is 0 Å². The fourth-order valence-corrected chi connectivity index (χ4v) is 3.32. The number of hydrogen-bond acceptors (Lipinski definition) is 5. The van der Waals surface area contributed by atoms with E-state index in [1.807, 2.05) is 24.3 Å². The number of rotatable bonds is 12. The van der Waals surface area contributed by atoms with Crippen LogP contribution >= 0.6 is 0 Å². The van der Waals surface area contributed by atoms with Gasteiger partial charge >= 0.3 is 0 Å². The maximum atomic E-state index is 12.1. The Morgan fingerprint density at radius 3 is 2.92 bits per heavy atom. The van der Waals surface area contributed by atoms with E-state index in [1.165, 1.54) is 12.8 Å². The average molecular weight is 368 g/mol. The lowest BCUT2D eigenvalue weighted by Crippen LogP contribution is -2.31. The summed E-state index contributed by atoms with van der Waals surface area (Å²) in [5.41, 5.74) is 8.98. The Kier molecular flexibility index (Phi) is 7.52. The van der Waals surface area contributed by atoms with Crippen LogP contribution in [0, 0.1) is 5.92 Å². The SMILES string of the molecule is CC(NS(=O)(=O)CCOCCN=[N+]=[N-])c1cccc(OCC2CC2)c1. The van der Waals surface area contributed by atoms with Crippen LogP contribution in [0.15, 0.2) is 29.4 Å². The minimum absolute atomic E-state index is 0.0491. The summed E-state index contributed by atoms with van der Waals surface area (Å²) >= 11 is 0. The maximum absolute atomic E-state index is 12.1. The van der Waals surface area contributed by atoms with Gasteiger partial charge in [-0.2, -0.15) is 0 Å². The number of sulfonamides is 1. The van der Waals surface area contributed by atoms with Crippen molar-refractivity contribution in [1.82, 2.24) is 4.72 Å². The molecule has 0 heterocycles. The molecule has 1 aliphatic rings. The van der Waals surface area contributed by atoms with Gasteiger partial charge in [0.1, 0.15) is 5.75 Å². The Morgan fingerprint density at radius 2 is 2.20 bits per heavy atom. The van der Waals surface area contributed by atoms with Crippen molar-refractivity contribution in [3.63, 3.8) is 0 Å². The first-order valence-electron chi connectivity index (χ1n) is 8.31. The molecule has 1 aliphatic carbocycles. The summed E-state index contributed by atoms with van der Waals surface area (Å²) in [4.78, 5) is 2.59. The lowest BCUT2D eigenvalue weighted by Gasteiger charge is -2.16. The first kappa shape index (κ1) is 19.5. The van der Waals surface area contributed by atoms with E-state index in [-0.39, 0.29) is 31.6 Å². The van der Waals surface area contributed by atoms with Gasteiger partial charge in [-0.15, -0.1) is 0 Å². The molecule has 1 fully saturated rings. The molecule has 0 spiro atoms. The average Bonchev–Trinajstić information content (AvgIpc) is 3.40. The van der Waals surface area contributed by atoms with Crippen molar-refractivity contribution >= 4 is 10.0 Å². The van der Waals surface area contributed by atoms with Gasteiger partial charge in [-0.25, -0.2) is 13.1 Å². The summed E-state index contributed by atoms with van der Waals surface area (Å²) in [6.45, 7) is 2.95. The second-order valence-electron chi connectivity index (χ2n) is 6.05. The molecule has 1 unspecified atom stereocenters. The summed E-state index contributed by atoms with van der Waals surface area (Å²) in [6.07, 6.45) is 2.45. The zero-order valence-electron chi connectivity index (χ0n) is 14.3. The summed E-state index contributed by atoms with van der Waals surface area (Å²) < 4.78 is 37.7. The third kappa shape index (κ3) is 7.74. The van der Waals surface area contributed by atoms with Crippen molar-refractivity contribution in [3.8, 4) is 5.75 Å². The van der Waals surface area contributed by atoms with Crippen LogP contribution in [0.2, 0.25) is 0 Å². The Bertz CT molecular complexity index is 700. The van der Waals surface area contributed by atoms with Crippen molar-refractivity contribution in [1.29, 1.82) is 0 Å². The van der Waals surface area contributed by atoms with Crippen LogP contribution in [-0.2, 0) is 14.8 Å². The first-order valence-corrected chi connectivity index (χ1v) is 9.97. The molecule has 0 amide bonds. The molecule has 0 aliphatic heterocycles. The predicted octanol–water partition coefficient (Wildman–Crippen LogP) is 2.78. The topological polar surface area (TPSA) is 113 Å². The van der Waals surface area contributed by atoms with Crippen LogP contribution in [0.1, 0.15) is 31.4 Å². The second kappa shape index (κ2) is 9.62. The van der Waals surface area contributed by atoms with Gasteiger partial charge in [-0.1, -0.05) is 17.2 Å². The van der Waals surface area contributed by atoms with Crippen molar-refractivity contribution < 1.29 is 17.9 Å². The van der Waals surface area contributed by atoms with Gasteiger partial charge in [-0.3, -0.25) is 0 Å². The quantitative estimate of drug-likeness (QED) is 0.264. The molecule has 8 nitrogen and oxygen atoms in total. The van der Waals surface area contributed by atoms with Gasteiger partial charge < -0.3 is 9.47 Å². The van der Waals surface area contributed by atoms with E-state index in [9.17, 15) is 8.42 Å². The molecule has 0 saturated heterocycles. The highest BCUT2D eigenvalue weighted by atomic mass is 32.2. The standard InChI is InChI=1S/C16H24N4O4S/c1-13(19-25(21,22)10-9-23-8-7-18-20-17)15-3-2-4-16(11-15)24-12-14-5-6-14/h2-4,11,13-14,19H,5-10,12H2,1H3. The Balaban J connectivity index is 1.79. The minimum atomic E-state index is -3.47. The normalized spacial score (nSPS) is 15.4. The Labute approximate surface area is 148 Å². The van der Waals surface area contributed by atoms with Gasteiger partial charge in [0.05, 0.1) is 25.6 Å². The summed E-state index contributed by atoms with van der Waals surface area (Å²) in [5, 5.41) is 3.31. The minimum Gasteiger partial charge on any atom is -0.493 e. The Morgan fingerprint density at radius 1 is 1.40 bits per heavy atom. The van der Waals surface area contributed by atoms with Crippen molar-refractivity contribution in [2.75, 3.05) is 32.1 Å². The van der Waals surface area contributed by atoms with E-state index in [0.717, 1.165) is 17.9 Å². The van der Waals surface area contributed by atoms with Crippen LogP contribution < -0.4 is 9.46 Å². The van der Waals surface area contributed by atoms with Crippen molar-refractivity contribution in [2.45, 2.75) is 25.8 Å². The number of azide groups is 1. The van der Waals surface area contributed by atoms with Crippen LogP contribution in [0.25, 0.3) is 10.4 Å². The summed E-state index contributed by atoms with van der Waals surface area (Å²) in [6, 6.07) is 7.11. The van der Waals surface area contributed by atoms with Gasteiger partial charge in [-0.05, 0) is 48.9 Å². The third-order valence-corrected chi connectivity index (χ3v) is 5.21. The molecule has 1 saturated carbocycles. The number of ether oxygens (including phenoxy) is 2. The van der Waals surface area contributed by atoms with E-state index in [0.29, 0.717) is 5.92 Å². The molecule has 0 bridgehead atoms. The molecular formula is C16H24N4O4S. The van der Waals surface area contributed by atoms with E-state index in [1.54, 1.807) is 6.92 Å². The highest BCUT2D eigenvalue weighted by molar-refractivity contribution is 7.89. The molecule has 1 N–H and O–H groups in total. The number of nitrogens with one attached hydrogen (secondary N) is 1. The second-order valence-corrected chi connectivity index (χ2v) is 7.93. The van der Waals surface area contributed by atoms with Crippen LogP contribution in [0.4, 0.5) is 0 Å². The molecule has 9 heteroatoms. The lowest BCUT2D eigenvalue weighted by atomic mass is 10.1. The van der Waals surface area contributed by atoms with E-state index < -0.39 is 10.0 Å². The van der Waals surface area contributed by atoms with E-state index >= 15 is 0 Å². The predicted molar refractivity (Wildman–Crippen MR) is 94.8 cm³/mol. The smallest absolute Gasteiger partial charge is 0.214 e. The van der Waals surface area contributed by atoms with Crippen LogP contribution in [0.5, 0.6) is 5.75 Å². The highest BCUT2D eigenvalue weighted by Crippen LogP contribution is 2.30. The van der Waals surface area contributed by atoms with E-state index in [4.69, 9.17) is 15.0 Å². The monoisotopic (exact) mass is 368 g/mol. The molecule has 0 aromatic heterocycles. The molecule has 1 aromatic carbocycles. The fourth-order valence-electron chi connectivity index (χ4n) is 2.19. The number of hydrogen-bond donors (Lipinski definition) is 1. The zero-order valence-corrected chi connectivity index (χ0v) is 15.1. The molecule has 0 radical (unpaired) electrons. The third-order valence-electron chi connectivity index (χ3n) is 3.79. The number of benzene rings is 1. The van der Waals surface area contributed by atoms with Crippen molar-refractivity contribution in [3.05, 3.63) is 40.3 Å². The Hall–Kier alpha value is -1.80. The molecular weight excluding hydrogens is 344 g/mol. The highest BCUT2D eigenvalue weighted by Gasteiger charge is 2.22. The zero-order chi connectivity index (χ0) is 18.1. The summed E-state index contributed by atoms with van der Waals surface area (Å²) in [7, 11) is -3.47. The van der Waals surface area contributed by atoms with Gasteiger partial charge in [0.15, 0.2) is 0 Å². The molecule has 2 rings (SSSR count). The lowest BCUT2D eigenvalue weighted by molar-refractivity contribution is 0.156. The van der Waals surface area contributed by atoms with Crippen molar-refractivity contribution in [2.24, 2.45) is 11.0 Å². The molecule has 1 atom stereocenters. The van der Waals surface area contributed by atoms with Gasteiger partial charge in [0, 0.05) is 17.5 Å². The largest absolute Gasteiger partial charge is 0.493 e. The maximum Gasteiger partial charge on any atom is 0.214 e. The first-order chi connectivity index (χ1) is 12.0. The van der Waals surface area contributed by atoms with Crippen LogP contribution in [-0.4, -0.2) is 40.5 Å². The summed E-state index contributed by atoms with van der Waals surface area (Å²) in [5.74, 6) is 1.28.